The fourth-order valence-electron chi connectivity index (χ4n) is 2.95. The van der Waals surface area contributed by atoms with Gasteiger partial charge >= 0.3 is 0 Å². The summed E-state index contributed by atoms with van der Waals surface area (Å²) in [7, 11) is 1.52. The lowest BCUT2D eigenvalue weighted by Crippen LogP contribution is -2.35. The van der Waals surface area contributed by atoms with Crippen LogP contribution in [-0.4, -0.2) is 45.0 Å². The van der Waals surface area contributed by atoms with E-state index >= 15 is 0 Å². The summed E-state index contributed by atoms with van der Waals surface area (Å²) in [6, 6.07) is 10.5. The first-order valence-corrected chi connectivity index (χ1v) is 8.79. The molecule has 0 fully saturated rings. The molecule has 3 aromatic rings. The number of phenols is 1. The average Bonchev–Trinajstić information content (AvgIpc) is 3.19. The van der Waals surface area contributed by atoms with E-state index in [0.29, 0.717) is 5.69 Å². The minimum absolute atomic E-state index is 0.119. The number of phenolic OH excluding ortho intramolecular Hbond substituents is 1. The Morgan fingerprint density at radius 1 is 1.18 bits per heavy atom. The number of hydrogen-bond acceptors (Lipinski definition) is 4. The van der Waals surface area contributed by atoms with Crippen LogP contribution >= 0.6 is 0 Å². The van der Waals surface area contributed by atoms with Gasteiger partial charge in [0.25, 0.3) is 5.91 Å². The van der Waals surface area contributed by atoms with Crippen molar-refractivity contribution >= 4 is 17.5 Å². The van der Waals surface area contributed by atoms with Crippen molar-refractivity contribution in [2.24, 2.45) is 0 Å². The van der Waals surface area contributed by atoms with Crippen LogP contribution in [0.5, 0.6) is 5.75 Å². The number of amides is 2. The number of carbonyl (C=O) groups excluding carboxylic acids is 2. The number of aryl methyl sites for hydroxylation is 2. The number of aromatic hydroxyl groups is 1. The molecule has 0 spiro atoms. The van der Waals surface area contributed by atoms with E-state index in [-0.39, 0.29) is 23.8 Å². The highest BCUT2D eigenvalue weighted by atomic mass is 16.3. The second-order valence-corrected chi connectivity index (χ2v) is 6.65. The molecule has 3 rings (SSSR count). The number of rotatable bonds is 5. The van der Waals surface area contributed by atoms with E-state index in [9.17, 15) is 14.7 Å². The summed E-state index contributed by atoms with van der Waals surface area (Å²) >= 11 is 0. The monoisotopic (exact) mass is 378 g/mol. The minimum Gasteiger partial charge on any atom is -0.507 e. The Kier molecular flexibility index (Phi) is 5.44. The van der Waals surface area contributed by atoms with Crippen molar-refractivity contribution in [3.8, 4) is 11.4 Å². The van der Waals surface area contributed by atoms with Gasteiger partial charge in [0, 0.05) is 30.8 Å². The van der Waals surface area contributed by atoms with Gasteiger partial charge in [0.2, 0.25) is 5.91 Å². The molecule has 0 atom stereocenters. The number of para-hydroxylation sites is 1. The van der Waals surface area contributed by atoms with Crippen molar-refractivity contribution in [3.05, 3.63) is 71.8 Å². The number of carbonyl (C=O) groups is 2. The van der Waals surface area contributed by atoms with Crippen LogP contribution in [0.1, 0.15) is 21.5 Å². The third-order valence-corrected chi connectivity index (χ3v) is 4.49. The molecule has 1 heterocycles. The summed E-state index contributed by atoms with van der Waals surface area (Å²) in [5.74, 6) is -0.898. The summed E-state index contributed by atoms with van der Waals surface area (Å²) in [6.45, 7) is 3.69. The first-order chi connectivity index (χ1) is 13.4. The quantitative estimate of drug-likeness (QED) is 0.715. The van der Waals surface area contributed by atoms with Crippen LogP contribution in [0.3, 0.4) is 0 Å². The number of anilines is 1. The van der Waals surface area contributed by atoms with E-state index in [0.717, 1.165) is 16.8 Å². The van der Waals surface area contributed by atoms with Crippen LogP contribution in [0.25, 0.3) is 5.69 Å². The Morgan fingerprint density at radius 2 is 1.89 bits per heavy atom. The number of benzene rings is 2. The first-order valence-electron chi connectivity index (χ1n) is 8.79. The second-order valence-electron chi connectivity index (χ2n) is 6.65. The van der Waals surface area contributed by atoms with Crippen LogP contribution in [0.15, 0.2) is 55.1 Å². The van der Waals surface area contributed by atoms with Gasteiger partial charge in [-0.3, -0.25) is 9.59 Å². The summed E-state index contributed by atoms with van der Waals surface area (Å²) in [5, 5.41) is 13.0. The highest BCUT2D eigenvalue weighted by Gasteiger charge is 2.19. The molecule has 2 amide bonds. The Balaban J connectivity index is 1.74. The van der Waals surface area contributed by atoms with Crippen LogP contribution in [0.4, 0.5) is 5.69 Å². The first kappa shape index (κ1) is 19.2. The molecule has 1 aromatic heterocycles. The molecule has 144 valence electrons. The normalized spacial score (nSPS) is 10.5. The highest BCUT2D eigenvalue weighted by Crippen LogP contribution is 2.23. The fraction of sp³-hybridized carbons (Fsp3) is 0.190. The van der Waals surface area contributed by atoms with Crippen molar-refractivity contribution in [2.75, 3.05) is 18.9 Å². The third-order valence-electron chi connectivity index (χ3n) is 4.49. The van der Waals surface area contributed by atoms with Crippen molar-refractivity contribution < 1.29 is 14.7 Å². The Bertz CT molecular complexity index is 992. The second kappa shape index (κ2) is 7.96. The molecule has 2 N–H and O–H groups in total. The topological polar surface area (TPSA) is 87.5 Å². The predicted molar refractivity (Wildman–Crippen MR) is 107 cm³/mol. The number of likely N-dealkylation sites (N-methyl/N-ethyl adjacent to an activating group) is 1. The van der Waals surface area contributed by atoms with Crippen LogP contribution < -0.4 is 5.32 Å². The van der Waals surface area contributed by atoms with Crippen molar-refractivity contribution in [1.82, 2.24) is 14.5 Å². The Hall–Kier alpha value is -3.61. The molecule has 0 aliphatic carbocycles. The summed E-state index contributed by atoms with van der Waals surface area (Å²) in [5.41, 5.74) is 3.46. The van der Waals surface area contributed by atoms with Crippen LogP contribution in [-0.2, 0) is 4.79 Å². The number of hydrogen-bond donors (Lipinski definition) is 2. The molecule has 0 aliphatic rings. The van der Waals surface area contributed by atoms with Gasteiger partial charge in [0.05, 0.1) is 18.4 Å². The molecule has 7 nitrogen and oxygen atoms in total. The van der Waals surface area contributed by atoms with Crippen LogP contribution in [0, 0.1) is 13.8 Å². The number of aromatic nitrogens is 2. The summed E-state index contributed by atoms with van der Waals surface area (Å²) in [6.07, 6.45) is 4.96. The number of nitrogens with zero attached hydrogens (tertiary/aromatic N) is 3. The third kappa shape index (κ3) is 4.03. The van der Waals surface area contributed by atoms with Gasteiger partial charge < -0.3 is 19.9 Å². The summed E-state index contributed by atoms with van der Waals surface area (Å²) < 4.78 is 1.73. The van der Waals surface area contributed by atoms with E-state index in [4.69, 9.17) is 0 Å². The Morgan fingerprint density at radius 3 is 2.54 bits per heavy atom. The molecule has 0 bridgehead atoms. The molecule has 0 unspecified atom stereocenters. The highest BCUT2D eigenvalue weighted by molar-refractivity contribution is 6.01. The lowest BCUT2D eigenvalue weighted by atomic mass is 10.1. The molecule has 0 radical (unpaired) electrons. The molecular formula is C21H22N4O3. The van der Waals surface area contributed by atoms with Gasteiger partial charge in [-0.15, -0.1) is 0 Å². The molecule has 28 heavy (non-hydrogen) atoms. The smallest absolute Gasteiger partial charge is 0.257 e. The van der Waals surface area contributed by atoms with Gasteiger partial charge in [-0.2, -0.15) is 0 Å². The van der Waals surface area contributed by atoms with Gasteiger partial charge in [0.15, 0.2) is 0 Å². The van der Waals surface area contributed by atoms with Crippen molar-refractivity contribution in [1.29, 1.82) is 0 Å². The van der Waals surface area contributed by atoms with E-state index in [1.807, 2.05) is 32.0 Å². The predicted octanol–water partition coefficient (Wildman–Crippen LogP) is 2.91. The average molecular weight is 378 g/mol. The van der Waals surface area contributed by atoms with E-state index < -0.39 is 5.91 Å². The van der Waals surface area contributed by atoms with Gasteiger partial charge in [-0.25, -0.2) is 4.98 Å². The van der Waals surface area contributed by atoms with Gasteiger partial charge in [0.1, 0.15) is 5.75 Å². The molecule has 0 saturated carbocycles. The fourth-order valence-corrected chi connectivity index (χ4v) is 2.95. The van der Waals surface area contributed by atoms with E-state index in [1.54, 1.807) is 35.4 Å². The molecule has 7 heteroatoms. The van der Waals surface area contributed by atoms with Crippen LogP contribution in [0.2, 0.25) is 0 Å². The summed E-state index contributed by atoms with van der Waals surface area (Å²) in [4.78, 5) is 30.4. The zero-order valence-corrected chi connectivity index (χ0v) is 16.0. The maximum Gasteiger partial charge on any atom is 0.257 e. The maximum atomic E-state index is 12.8. The van der Waals surface area contributed by atoms with Gasteiger partial charge in [-0.1, -0.05) is 18.2 Å². The zero-order chi connectivity index (χ0) is 20.3. The van der Waals surface area contributed by atoms with Crippen molar-refractivity contribution in [3.63, 3.8) is 0 Å². The minimum atomic E-state index is -0.448. The largest absolute Gasteiger partial charge is 0.507 e. The molecule has 0 aliphatic heterocycles. The maximum absolute atomic E-state index is 12.8. The number of imidazole rings is 1. The Labute approximate surface area is 163 Å². The van der Waals surface area contributed by atoms with E-state index in [2.05, 4.69) is 10.3 Å². The van der Waals surface area contributed by atoms with Gasteiger partial charge in [-0.05, 0) is 43.2 Å². The zero-order valence-electron chi connectivity index (χ0n) is 16.0. The number of nitrogens with one attached hydrogen (secondary N) is 1. The standard InChI is InChI=1S/C21H22N4O3/c1-14-5-4-6-15(2)20(14)23-19(27)12-24(3)21(28)17-11-16(7-8-18(17)26)25-10-9-22-13-25/h4-11,13,26H,12H2,1-3H3,(H,23,27). The van der Waals surface area contributed by atoms with E-state index in [1.165, 1.54) is 18.0 Å². The van der Waals surface area contributed by atoms with Crippen molar-refractivity contribution in [2.45, 2.75) is 13.8 Å². The lowest BCUT2D eigenvalue weighted by molar-refractivity contribution is -0.116. The molecule has 0 saturated heterocycles. The SMILES string of the molecule is Cc1cccc(C)c1NC(=O)CN(C)C(=O)c1cc(-n2ccnc2)ccc1O. The lowest BCUT2D eigenvalue weighted by Gasteiger charge is -2.19. The molecule has 2 aromatic carbocycles. The molecular weight excluding hydrogens is 356 g/mol.